The Balaban J connectivity index is 1.49. The Kier molecular flexibility index (Phi) is 7.08. The van der Waals surface area contributed by atoms with Gasteiger partial charge in [-0.25, -0.2) is 4.79 Å². The van der Waals surface area contributed by atoms with Crippen LogP contribution < -0.4 is 4.90 Å². The summed E-state index contributed by atoms with van der Waals surface area (Å²) in [5.74, 6) is 0.691. The molecule has 0 bridgehead atoms. The average Bonchev–Trinajstić information content (AvgIpc) is 3.22. The van der Waals surface area contributed by atoms with Gasteiger partial charge in [0.2, 0.25) is 5.89 Å². The zero-order valence-electron chi connectivity index (χ0n) is 16.0. The maximum atomic E-state index is 11.9. The number of carbonyl (C=O) groups excluding carboxylic acids is 1. The number of esters is 1. The quantitative estimate of drug-likeness (QED) is 0.298. The van der Waals surface area contributed by atoms with Gasteiger partial charge in [0.15, 0.2) is 0 Å². The summed E-state index contributed by atoms with van der Waals surface area (Å²) >= 11 is 1.36. The Morgan fingerprint density at radius 3 is 2.43 bits per heavy atom. The summed E-state index contributed by atoms with van der Waals surface area (Å²) in [6.07, 6.45) is 0. The normalized spacial score (nSPS) is 10.6. The minimum absolute atomic E-state index is 0.272. The van der Waals surface area contributed by atoms with E-state index in [0.29, 0.717) is 22.4 Å². The summed E-state index contributed by atoms with van der Waals surface area (Å²) in [6.45, 7) is 6.47. The second-order valence-corrected chi connectivity index (χ2v) is 6.99. The van der Waals surface area contributed by atoms with Crippen LogP contribution >= 0.6 is 11.8 Å². The summed E-state index contributed by atoms with van der Waals surface area (Å²) in [6, 6.07) is 17.0. The van der Waals surface area contributed by atoms with Crippen LogP contribution in [0, 0.1) is 0 Å². The van der Waals surface area contributed by atoms with E-state index in [-0.39, 0.29) is 12.6 Å². The van der Waals surface area contributed by atoms with Crippen molar-refractivity contribution in [3.8, 4) is 11.5 Å². The lowest BCUT2D eigenvalue weighted by molar-refractivity contribution is 0.0530. The first kappa shape index (κ1) is 19.9. The molecule has 1 heterocycles. The van der Waals surface area contributed by atoms with Crippen molar-refractivity contribution in [2.75, 3.05) is 30.3 Å². The smallest absolute Gasteiger partial charge is 0.338 e. The van der Waals surface area contributed by atoms with Crippen molar-refractivity contribution in [3.05, 3.63) is 60.2 Å². The Labute approximate surface area is 168 Å². The molecule has 0 unspecified atom stereocenters. The van der Waals surface area contributed by atoms with E-state index in [1.807, 2.05) is 18.2 Å². The van der Waals surface area contributed by atoms with Crippen LogP contribution in [-0.4, -0.2) is 41.6 Å². The number of anilines is 1. The third kappa shape index (κ3) is 5.13. The molecule has 0 aliphatic rings. The highest BCUT2D eigenvalue weighted by molar-refractivity contribution is 7.99. The van der Waals surface area contributed by atoms with Crippen molar-refractivity contribution in [1.29, 1.82) is 0 Å². The molecule has 0 saturated carbocycles. The van der Waals surface area contributed by atoms with Crippen LogP contribution in [0.4, 0.5) is 5.69 Å². The van der Waals surface area contributed by atoms with E-state index in [9.17, 15) is 4.79 Å². The van der Waals surface area contributed by atoms with E-state index in [1.54, 1.807) is 24.3 Å². The molecular weight excluding hydrogens is 374 g/mol. The van der Waals surface area contributed by atoms with Gasteiger partial charge in [-0.2, -0.15) is 0 Å². The maximum Gasteiger partial charge on any atom is 0.338 e. The molecular formula is C21H23N3O3S. The fraction of sp³-hybridized carbons (Fsp3) is 0.286. The van der Waals surface area contributed by atoms with Gasteiger partial charge in [0.25, 0.3) is 5.22 Å². The Hall–Kier alpha value is -2.80. The molecule has 0 amide bonds. The third-order valence-electron chi connectivity index (χ3n) is 4.20. The molecule has 3 rings (SSSR count). The highest BCUT2D eigenvalue weighted by atomic mass is 32.2. The largest absolute Gasteiger partial charge is 0.461 e. The number of aromatic nitrogens is 2. The van der Waals surface area contributed by atoms with Gasteiger partial charge in [0.1, 0.15) is 6.61 Å². The van der Waals surface area contributed by atoms with Gasteiger partial charge < -0.3 is 14.1 Å². The molecule has 0 N–H and O–H groups in total. The average molecular weight is 398 g/mol. The lowest BCUT2D eigenvalue weighted by atomic mass is 10.2. The van der Waals surface area contributed by atoms with Gasteiger partial charge in [0.05, 0.1) is 5.56 Å². The number of carbonyl (C=O) groups is 1. The predicted octanol–water partition coefficient (Wildman–Crippen LogP) is 4.53. The molecule has 6 nitrogen and oxygen atoms in total. The van der Waals surface area contributed by atoms with Crippen LogP contribution in [0.2, 0.25) is 0 Å². The summed E-state index contributed by atoms with van der Waals surface area (Å²) < 4.78 is 10.9. The fourth-order valence-corrected chi connectivity index (χ4v) is 3.29. The number of rotatable bonds is 9. The van der Waals surface area contributed by atoms with Gasteiger partial charge in [0, 0.05) is 30.1 Å². The molecule has 1 aromatic heterocycles. The molecule has 7 heteroatoms. The van der Waals surface area contributed by atoms with Crippen molar-refractivity contribution in [2.45, 2.75) is 19.1 Å². The predicted molar refractivity (Wildman–Crippen MR) is 111 cm³/mol. The molecule has 0 atom stereocenters. The molecule has 28 heavy (non-hydrogen) atoms. The lowest BCUT2D eigenvalue weighted by Gasteiger charge is -2.20. The Morgan fingerprint density at radius 1 is 1.04 bits per heavy atom. The number of thioether (sulfide) groups is 1. The van der Waals surface area contributed by atoms with Crippen LogP contribution in [0.5, 0.6) is 0 Å². The summed E-state index contributed by atoms with van der Waals surface area (Å²) in [5.41, 5.74) is 2.59. The van der Waals surface area contributed by atoms with Crippen LogP contribution in [-0.2, 0) is 4.74 Å². The minimum atomic E-state index is -0.333. The van der Waals surface area contributed by atoms with E-state index in [0.717, 1.165) is 18.7 Å². The van der Waals surface area contributed by atoms with E-state index in [2.05, 4.69) is 41.1 Å². The fourth-order valence-electron chi connectivity index (χ4n) is 2.71. The highest BCUT2D eigenvalue weighted by Crippen LogP contribution is 2.25. The van der Waals surface area contributed by atoms with E-state index >= 15 is 0 Å². The molecule has 0 fully saturated rings. The van der Waals surface area contributed by atoms with Crippen LogP contribution in [0.25, 0.3) is 11.5 Å². The second-order valence-electron chi connectivity index (χ2n) is 5.94. The van der Waals surface area contributed by atoms with Crippen molar-refractivity contribution >= 4 is 23.4 Å². The van der Waals surface area contributed by atoms with Gasteiger partial charge in [-0.3, -0.25) is 0 Å². The van der Waals surface area contributed by atoms with Crippen LogP contribution in [0.3, 0.4) is 0 Å². The second kappa shape index (κ2) is 9.94. The summed E-state index contributed by atoms with van der Waals surface area (Å²) in [4.78, 5) is 14.2. The monoisotopic (exact) mass is 397 g/mol. The number of hydrogen-bond acceptors (Lipinski definition) is 7. The van der Waals surface area contributed by atoms with Crippen molar-refractivity contribution in [1.82, 2.24) is 10.2 Å². The molecule has 0 spiro atoms. The molecule has 146 valence electrons. The van der Waals surface area contributed by atoms with Gasteiger partial charge in [-0.1, -0.05) is 30.0 Å². The first-order valence-corrected chi connectivity index (χ1v) is 10.2. The molecule has 0 aliphatic heterocycles. The summed E-state index contributed by atoms with van der Waals surface area (Å²) in [7, 11) is 0. The van der Waals surface area contributed by atoms with E-state index in [4.69, 9.17) is 9.15 Å². The third-order valence-corrected chi connectivity index (χ3v) is 4.98. The molecule has 3 aromatic rings. The van der Waals surface area contributed by atoms with Gasteiger partial charge in [-0.05, 0) is 50.2 Å². The van der Waals surface area contributed by atoms with Gasteiger partial charge >= 0.3 is 5.97 Å². The summed E-state index contributed by atoms with van der Waals surface area (Å²) in [5, 5.41) is 8.61. The van der Waals surface area contributed by atoms with Crippen molar-refractivity contribution < 1.29 is 13.9 Å². The Bertz CT molecular complexity index is 877. The SMILES string of the molecule is CCN(CC)c1ccc(-c2nnc(SCCOC(=O)c3ccccc3)o2)cc1. The van der Waals surface area contributed by atoms with Gasteiger partial charge in [-0.15, -0.1) is 10.2 Å². The number of benzene rings is 2. The number of ether oxygens (including phenoxy) is 1. The zero-order valence-corrected chi connectivity index (χ0v) is 16.8. The van der Waals surface area contributed by atoms with Crippen LogP contribution in [0.15, 0.2) is 64.2 Å². The van der Waals surface area contributed by atoms with Crippen molar-refractivity contribution in [3.63, 3.8) is 0 Å². The van der Waals surface area contributed by atoms with Crippen molar-refractivity contribution in [2.24, 2.45) is 0 Å². The molecule has 0 radical (unpaired) electrons. The molecule has 0 aliphatic carbocycles. The highest BCUT2D eigenvalue weighted by Gasteiger charge is 2.11. The standard InChI is InChI=1S/C21H23N3O3S/c1-3-24(4-2)18-12-10-16(11-13-18)19-22-23-21(27-19)28-15-14-26-20(25)17-8-6-5-7-9-17/h5-13H,3-4,14-15H2,1-2H3. The molecule has 0 saturated heterocycles. The minimum Gasteiger partial charge on any atom is -0.461 e. The first-order chi connectivity index (χ1) is 13.7. The molecule has 2 aromatic carbocycles. The topological polar surface area (TPSA) is 68.5 Å². The number of hydrogen-bond donors (Lipinski definition) is 0. The van der Waals surface area contributed by atoms with E-state index < -0.39 is 0 Å². The maximum absolute atomic E-state index is 11.9. The first-order valence-electron chi connectivity index (χ1n) is 9.25. The zero-order chi connectivity index (χ0) is 19.8. The van der Waals surface area contributed by atoms with E-state index in [1.165, 1.54) is 17.4 Å². The van der Waals surface area contributed by atoms with Crippen LogP contribution in [0.1, 0.15) is 24.2 Å². The Morgan fingerprint density at radius 2 is 1.75 bits per heavy atom. The lowest BCUT2D eigenvalue weighted by Crippen LogP contribution is -2.21. The number of nitrogens with zero attached hydrogens (tertiary/aromatic N) is 3.